The summed E-state index contributed by atoms with van der Waals surface area (Å²) >= 11 is 0. The van der Waals surface area contributed by atoms with Crippen LogP contribution in [0.15, 0.2) is 18.5 Å². The first-order valence-electron chi connectivity index (χ1n) is 7.51. The van der Waals surface area contributed by atoms with Crippen LogP contribution >= 0.6 is 0 Å². The minimum absolute atomic E-state index is 0.0829. The molecule has 0 bridgehead atoms. The van der Waals surface area contributed by atoms with E-state index in [4.69, 9.17) is 5.73 Å². The van der Waals surface area contributed by atoms with Crippen LogP contribution in [0.3, 0.4) is 0 Å². The predicted molar refractivity (Wildman–Crippen MR) is 79.8 cm³/mol. The maximum atomic E-state index is 12.0. The normalized spacial score (nSPS) is 26.2. The van der Waals surface area contributed by atoms with Crippen LogP contribution < -0.4 is 16.0 Å². The fourth-order valence-corrected chi connectivity index (χ4v) is 2.72. The number of nitrogens with two attached hydrogens (primary N) is 1. The molecule has 0 unspecified atom stereocenters. The van der Waals surface area contributed by atoms with Crippen LogP contribution in [-0.2, 0) is 4.79 Å². The average molecular weight is 290 g/mol. The molecule has 1 saturated carbocycles. The van der Waals surface area contributed by atoms with Gasteiger partial charge < -0.3 is 16.0 Å². The highest BCUT2D eigenvalue weighted by Crippen LogP contribution is 2.17. The maximum absolute atomic E-state index is 12.0. The molecule has 2 fully saturated rings. The molecular weight excluding hydrogens is 268 g/mol. The summed E-state index contributed by atoms with van der Waals surface area (Å²) in [5, 5.41) is 3.01. The van der Waals surface area contributed by atoms with Crippen molar-refractivity contribution in [3.05, 3.63) is 18.5 Å². The van der Waals surface area contributed by atoms with E-state index in [1.165, 1.54) is 0 Å². The Balaban J connectivity index is 1.42. The summed E-state index contributed by atoms with van der Waals surface area (Å²) in [6.07, 6.45) is 5.53. The van der Waals surface area contributed by atoms with Gasteiger partial charge in [-0.1, -0.05) is 0 Å². The molecule has 114 valence electrons. The SMILES string of the molecule is N[C@@H]1CC[C@@H]1NC(=O)CN1CCN(c2ncccn2)CC1. The first kappa shape index (κ1) is 14.2. The molecule has 1 aliphatic heterocycles. The van der Waals surface area contributed by atoms with Crippen molar-refractivity contribution in [3.63, 3.8) is 0 Å². The lowest BCUT2D eigenvalue weighted by Gasteiger charge is -2.36. The molecule has 1 amide bonds. The Morgan fingerprint density at radius 1 is 1.24 bits per heavy atom. The molecule has 1 aliphatic carbocycles. The lowest BCUT2D eigenvalue weighted by molar-refractivity contribution is -0.123. The number of anilines is 1. The van der Waals surface area contributed by atoms with E-state index in [0.717, 1.165) is 45.0 Å². The number of amides is 1. The van der Waals surface area contributed by atoms with Crippen LogP contribution in [0.2, 0.25) is 0 Å². The number of nitrogens with zero attached hydrogens (tertiary/aromatic N) is 4. The summed E-state index contributed by atoms with van der Waals surface area (Å²) in [5.41, 5.74) is 5.84. The van der Waals surface area contributed by atoms with Crippen molar-refractivity contribution in [1.82, 2.24) is 20.2 Å². The minimum Gasteiger partial charge on any atom is -0.351 e. The van der Waals surface area contributed by atoms with E-state index < -0.39 is 0 Å². The van der Waals surface area contributed by atoms with Gasteiger partial charge in [0.1, 0.15) is 0 Å². The number of rotatable bonds is 4. The van der Waals surface area contributed by atoms with Gasteiger partial charge in [0, 0.05) is 50.7 Å². The summed E-state index contributed by atoms with van der Waals surface area (Å²) in [5.74, 6) is 0.849. The predicted octanol–water partition coefficient (Wildman–Crippen LogP) is -0.795. The maximum Gasteiger partial charge on any atom is 0.234 e. The summed E-state index contributed by atoms with van der Waals surface area (Å²) < 4.78 is 0. The third-order valence-electron chi connectivity index (χ3n) is 4.25. The number of hydrogen-bond acceptors (Lipinski definition) is 6. The van der Waals surface area contributed by atoms with Crippen molar-refractivity contribution in [3.8, 4) is 0 Å². The van der Waals surface area contributed by atoms with Crippen LogP contribution in [-0.4, -0.2) is 65.6 Å². The van der Waals surface area contributed by atoms with Crippen LogP contribution in [0.25, 0.3) is 0 Å². The fraction of sp³-hybridized carbons (Fsp3) is 0.643. The molecular formula is C14H22N6O. The average Bonchev–Trinajstić information content (AvgIpc) is 2.53. The Morgan fingerprint density at radius 3 is 2.52 bits per heavy atom. The Kier molecular flexibility index (Phi) is 4.31. The van der Waals surface area contributed by atoms with Crippen molar-refractivity contribution < 1.29 is 4.79 Å². The van der Waals surface area contributed by atoms with Gasteiger partial charge in [0.2, 0.25) is 11.9 Å². The smallest absolute Gasteiger partial charge is 0.234 e. The summed E-state index contributed by atoms with van der Waals surface area (Å²) in [7, 11) is 0. The molecule has 0 aromatic carbocycles. The van der Waals surface area contributed by atoms with Crippen LogP contribution in [0.4, 0.5) is 5.95 Å². The van der Waals surface area contributed by atoms with Gasteiger partial charge in [-0.25, -0.2) is 9.97 Å². The molecule has 1 aromatic rings. The number of piperazine rings is 1. The van der Waals surface area contributed by atoms with E-state index in [1.54, 1.807) is 12.4 Å². The number of carbonyl (C=O) groups is 1. The van der Waals surface area contributed by atoms with Gasteiger partial charge in [0.25, 0.3) is 0 Å². The van der Waals surface area contributed by atoms with Gasteiger partial charge in [0.05, 0.1) is 6.54 Å². The van der Waals surface area contributed by atoms with Crippen molar-refractivity contribution in [2.24, 2.45) is 5.73 Å². The van der Waals surface area contributed by atoms with E-state index in [1.807, 2.05) is 6.07 Å². The number of hydrogen-bond donors (Lipinski definition) is 2. The summed E-state index contributed by atoms with van der Waals surface area (Å²) in [6, 6.07) is 2.13. The highest BCUT2D eigenvalue weighted by Gasteiger charge is 2.29. The molecule has 2 atom stereocenters. The minimum atomic E-state index is 0.0829. The number of carbonyl (C=O) groups excluding carboxylic acids is 1. The molecule has 21 heavy (non-hydrogen) atoms. The standard InChI is InChI=1S/C14H22N6O/c15-11-2-3-12(11)18-13(21)10-19-6-8-20(9-7-19)14-16-4-1-5-17-14/h1,4-5,11-12H,2-3,6-10,15H2,(H,18,21)/t11-,12+/m1/s1. The van der Waals surface area contributed by atoms with E-state index in [2.05, 4.69) is 25.1 Å². The van der Waals surface area contributed by atoms with Gasteiger partial charge in [0.15, 0.2) is 0 Å². The van der Waals surface area contributed by atoms with Crippen LogP contribution in [0.1, 0.15) is 12.8 Å². The zero-order valence-electron chi connectivity index (χ0n) is 12.1. The Hall–Kier alpha value is -1.73. The topological polar surface area (TPSA) is 87.4 Å². The molecule has 2 heterocycles. The number of nitrogens with one attached hydrogen (secondary N) is 1. The van der Waals surface area contributed by atoms with Crippen molar-refractivity contribution >= 4 is 11.9 Å². The van der Waals surface area contributed by atoms with E-state index in [9.17, 15) is 4.79 Å². The fourth-order valence-electron chi connectivity index (χ4n) is 2.72. The Morgan fingerprint density at radius 2 is 1.95 bits per heavy atom. The molecule has 0 spiro atoms. The molecule has 7 nitrogen and oxygen atoms in total. The Labute approximate surface area is 124 Å². The quantitative estimate of drug-likeness (QED) is 0.755. The molecule has 1 aromatic heterocycles. The van der Waals surface area contributed by atoms with Gasteiger partial charge in [-0.2, -0.15) is 0 Å². The van der Waals surface area contributed by atoms with Gasteiger partial charge >= 0.3 is 0 Å². The summed E-state index contributed by atoms with van der Waals surface area (Å²) in [4.78, 5) is 24.8. The second-order valence-corrected chi connectivity index (χ2v) is 5.73. The van der Waals surface area contributed by atoms with E-state index >= 15 is 0 Å². The number of aromatic nitrogens is 2. The molecule has 3 rings (SSSR count). The largest absolute Gasteiger partial charge is 0.351 e. The van der Waals surface area contributed by atoms with Gasteiger partial charge in [-0.15, -0.1) is 0 Å². The van der Waals surface area contributed by atoms with Crippen molar-refractivity contribution in [2.75, 3.05) is 37.6 Å². The van der Waals surface area contributed by atoms with Gasteiger partial charge in [-0.05, 0) is 18.9 Å². The molecule has 0 radical (unpaired) electrons. The molecule has 3 N–H and O–H groups in total. The second-order valence-electron chi connectivity index (χ2n) is 5.73. The highest BCUT2D eigenvalue weighted by atomic mass is 16.2. The van der Waals surface area contributed by atoms with Crippen molar-refractivity contribution in [1.29, 1.82) is 0 Å². The second kappa shape index (κ2) is 6.36. The van der Waals surface area contributed by atoms with Crippen LogP contribution in [0.5, 0.6) is 0 Å². The third-order valence-corrected chi connectivity index (χ3v) is 4.25. The van der Waals surface area contributed by atoms with Crippen LogP contribution in [0, 0.1) is 0 Å². The van der Waals surface area contributed by atoms with E-state index in [0.29, 0.717) is 6.54 Å². The first-order valence-corrected chi connectivity index (χ1v) is 7.51. The Bertz CT molecular complexity index is 474. The molecule has 2 aliphatic rings. The highest BCUT2D eigenvalue weighted by molar-refractivity contribution is 5.78. The molecule has 7 heteroatoms. The lowest BCUT2D eigenvalue weighted by Crippen LogP contribution is -2.57. The third kappa shape index (κ3) is 3.48. The molecule has 1 saturated heterocycles. The van der Waals surface area contributed by atoms with Crippen molar-refractivity contribution in [2.45, 2.75) is 24.9 Å². The lowest BCUT2D eigenvalue weighted by atomic mass is 9.87. The van der Waals surface area contributed by atoms with E-state index in [-0.39, 0.29) is 18.0 Å². The zero-order valence-corrected chi connectivity index (χ0v) is 12.1. The summed E-state index contributed by atoms with van der Waals surface area (Å²) in [6.45, 7) is 3.85. The van der Waals surface area contributed by atoms with Gasteiger partial charge in [-0.3, -0.25) is 9.69 Å². The monoisotopic (exact) mass is 290 g/mol. The first-order chi connectivity index (χ1) is 10.2. The zero-order chi connectivity index (χ0) is 14.7.